The molecule has 4 nitrogen and oxygen atoms in total. The van der Waals surface area contributed by atoms with Crippen LogP contribution in [-0.4, -0.2) is 24.9 Å². The van der Waals surface area contributed by atoms with Crippen LogP contribution in [0.4, 0.5) is 0 Å². The largest absolute Gasteiger partial charge is 0.355 e. The number of carbonyl (C=O) groups is 2. The van der Waals surface area contributed by atoms with Crippen LogP contribution in [0.5, 0.6) is 0 Å². The van der Waals surface area contributed by atoms with E-state index in [-0.39, 0.29) is 29.7 Å². The van der Waals surface area contributed by atoms with Crippen molar-refractivity contribution >= 4 is 11.8 Å². The maximum Gasteiger partial charge on any atom is 0.233 e. The van der Waals surface area contributed by atoms with E-state index in [0.29, 0.717) is 6.54 Å². The lowest BCUT2D eigenvalue weighted by Gasteiger charge is -2.29. The minimum absolute atomic E-state index is 0.0118. The highest BCUT2D eigenvalue weighted by Gasteiger charge is 2.45. The number of terminal acetylenes is 1. The molecule has 0 unspecified atom stereocenters. The van der Waals surface area contributed by atoms with Gasteiger partial charge in [-0.05, 0) is 5.41 Å². The molecule has 1 heterocycles. The van der Waals surface area contributed by atoms with Gasteiger partial charge in [0.2, 0.25) is 11.8 Å². The third kappa shape index (κ3) is 2.54. The zero-order valence-electron chi connectivity index (χ0n) is 9.96. The molecule has 0 radical (unpaired) electrons. The van der Waals surface area contributed by atoms with E-state index in [4.69, 9.17) is 6.42 Å². The van der Waals surface area contributed by atoms with E-state index in [1.54, 1.807) is 0 Å². The molecule has 2 amide bonds. The monoisotopic (exact) mass is 222 g/mol. The van der Waals surface area contributed by atoms with Gasteiger partial charge in [-0.1, -0.05) is 26.7 Å². The van der Waals surface area contributed by atoms with Gasteiger partial charge in [-0.3, -0.25) is 9.59 Å². The van der Waals surface area contributed by atoms with Gasteiger partial charge >= 0.3 is 0 Å². The molecule has 1 fully saturated rings. The Labute approximate surface area is 96.2 Å². The van der Waals surface area contributed by atoms with Gasteiger partial charge in [-0.15, -0.1) is 6.42 Å². The van der Waals surface area contributed by atoms with Gasteiger partial charge in [0.05, 0.1) is 6.54 Å². The minimum atomic E-state index is -0.617. The highest BCUT2D eigenvalue weighted by Crippen LogP contribution is 2.35. The summed E-state index contributed by atoms with van der Waals surface area (Å²) in [5, 5.41) is 5.30. The van der Waals surface area contributed by atoms with Crippen molar-refractivity contribution in [2.75, 3.05) is 13.1 Å². The number of hydrogen-bond acceptors (Lipinski definition) is 2. The lowest BCUT2D eigenvalue weighted by molar-refractivity contribution is -0.135. The summed E-state index contributed by atoms with van der Waals surface area (Å²) >= 11 is 0. The molecule has 0 bridgehead atoms. The average Bonchev–Trinajstić information content (AvgIpc) is 2.56. The molecule has 88 valence electrons. The number of amides is 2. The zero-order valence-corrected chi connectivity index (χ0v) is 9.96. The molecule has 0 aromatic carbocycles. The Hall–Kier alpha value is -1.50. The molecular weight excluding hydrogens is 204 g/mol. The van der Waals surface area contributed by atoms with Crippen molar-refractivity contribution in [1.82, 2.24) is 10.6 Å². The molecule has 1 aliphatic rings. The summed E-state index contributed by atoms with van der Waals surface area (Å²) in [6, 6.07) is 0. The summed E-state index contributed by atoms with van der Waals surface area (Å²) in [6.45, 7) is 6.80. The van der Waals surface area contributed by atoms with Gasteiger partial charge in [0.1, 0.15) is 5.92 Å². The van der Waals surface area contributed by atoms with E-state index in [2.05, 4.69) is 16.6 Å². The van der Waals surface area contributed by atoms with Gasteiger partial charge in [-0.25, -0.2) is 0 Å². The van der Waals surface area contributed by atoms with Gasteiger partial charge in [0, 0.05) is 12.5 Å². The average molecular weight is 222 g/mol. The van der Waals surface area contributed by atoms with Crippen molar-refractivity contribution in [3.8, 4) is 12.3 Å². The lowest BCUT2D eigenvalue weighted by atomic mass is 9.74. The third-order valence-electron chi connectivity index (χ3n) is 2.94. The normalized spacial score (nSPS) is 24.8. The van der Waals surface area contributed by atoms with Crippen LogP contribution in [0.3, 0.4) is 0 Å². The molecule has 0 aliphatic carbocycles. The second-order valence-electron chi connectivity index (χ2n) is 5.12. The second-order valence-corrected chi connectivity index (χ2v) is 5.12. The molecule has 16 heavy (non-hydrogen) atoms. The predicted octanol–water partition coefficient (Wildman–Crippen LogP) is 0.144. The first-order valence-corrected chi connectivity index (χ1v) is 5.37. The molecule has 0 saturated carbocycles. The fourth-order valence-electron chi connectivity index (χ4n) is 1.98. The smallest absolute Gasteiger partial charge is 0.233 e. The van der Waals surface area contributed by atoms with E-state index in [9.17, 15) is 9.59 Å². The van der Waals surface area contributed by atoms with Crippen molar-refractivity contribution < 1.29 is 9.59 Å². The van der Waals surface area contributed by atoms with Gasteiger partial charge in [0.15, 0.2) is 0 Å². The van der Waals surface area contributed by atoms with Crippen molar-refractivity contribution in [1.29, 1.82) is 0 Å². The van der Waals surface area contributed by atoms with Crippen LogP contribution in [0.2, 0.25) is 0 Å². The summed E-state index contributed by atoms with van der Waals surface area (Å²) in [6.07, 6.45) is 5.07. The number of carbonyl (C=O) groups excluding carboxylic acids is 2. The minimum Gasteiger partial charge on any atom is -0.355 e. The van der Waals surface area contributed by atoms with E-state index in [1.165, 1.54) is 0 Å². The first-order valence-electron chi connectivity index (χ1n) is 5.37. The van der Waals surface area contributed by atoms with Crippen LogP contribution >= 0.6 is 0 Å². The first kappa shape index (κ1) is 12.6. The fourth-order valence-corrected chi connectivity index (χ4v) is 1.98. The molecule has 1 aliphatic heterocycles. The summed E-state index contributed by atoms with van der Waals surface area (Å²) in [7, 11) is 0. The van der Waals surface area contributed by atoms with Crippen LogP contribution < -0.4 is 10.6 Å². The highest BCUT2D eigenvalue weighted by atomic mass is 16.2. The fraction of sp³-hybridized carbons (Fsp3) is 0.667. The Morgan fingerprint density at radius 2 is 2.25 bits per heavy atom. The molecule has 0 aromatic rings. The molecule has 0 spiro atoms. The van der Waals surface area contributed by atoms with Gasteiger partial charge < -0.3 is 10.6 Å². The summed E-state index contributed by atoms with van der Waals surface area (Å²) in [4.78, 5) is 23.4. The maximum atomic E-state index is 11.8. The Morgan fingerprint density at radius 3 is 2.75 bits per heavy atom. The van der Waals surface area contributed by atoms with Crippen LogP contribution in [0.15, 0.2) is 0 Å². The van der Waals surface area contributed by atoms with Crippen LogP contribution in [0.25, 0.3) is 0 Å². The Morgan fingerprint density at radius 1 is 1.62 bits per heavy atom. The predicted molar refractivity (Wildman–Crippen MR) is 61.3 cm³/mol. The van der Waals surface area contributed by atoms with Crippen molar-refractivity contribution in [3.63, 3.8) is 0 Å². The number of rotatable bonds is 2. The molecule has 2 N–H and O–H groups in total. The SMILES string of the molecule is C#CCNC(=O)[C@H]1C(=O)NC[C@@H]1C(C)(C)C. The summed E-state index contributed by atoms with van der Waals surface area (Å²) < 4.78 is 0. The van der Waals surface area contributed by atoms with E-state index >= 15 is 0 Å². The number of hydrogen-bond donors (Lipinski definition) is 2. The molecule has 2 atom stereocenters. The zero-order chi connectivity index (χ0) is 12.3. The highest BCUT2D eigenvalue weighted by molar-refractivity contribution is 6.02. The quantitative estimate of drug-likeness (QED) is 0.516. The van der Waals surface area contributed by atoms with Crippen LogP contribution in [0, 0.1) is 29.6 Å². The van der Waals surface area contributed by atoms with Crippen LogP contribution in [-0.2, 0) is 9.59 Å². The molecule has 1 saturated heterocycles. The summed E-state index contributed by atoms with van der Waals surface area (Å²) in [5.74, 6) is 1.25. The Kier molecular flexibility index (Phi) is 3.58. The van der Waals surface area contributed by atoms with E-state index < -0.39 is 5.92 Å². The topological polar surface area (TPSA) is 58.2 Å². The number of nitrogens with one attached hydrogen (secondary N) is 2. The summed E-state index contributed by atoms with van der Waals surface area (Å²) in [5.41, 5.74) is -0.0860. The molecular formula is C12H18N2O2. The lowest BCUT2D eigenvalue weighted by Crippen LogP contribution is -2.41. The van der Waals surface area contributed by atoms with Crippen molar-refractivity contribution in [2.24, 2.45) is 17.3 Å². The van der Waals surface area contributed by atoms with Crippen molar-refractivity contribution in [2.45, 2.75) is 20.8 Å². The Balaban J connectivity index is 2.79. The first-order chi connectivity index (χ1) is 7.38. The van der Waals surface area contributed by atoms with Gasteiger partial charge in [0.25, 0.3) is 0 Å². The molecule has 1 rings (SSSR count). The molecule has 0 aromatic heterocycles. The second kappa shape index (κ2) is 4.56. The van der Waals surface area contributed by atoms with E-state index in [1.807, 2.05) is 20.8 Å². The standard InChI is InChI=1S/C12H18N2O2/c1-5-6-13-10(15)9-8(12(2,3)4)7-14-11(9)16/h1,8-9H,6-7H2,2-4H3,(H,13,15)(H,14,16)/t8-,9-/m0/s1. The molecule has 4 heteroatoms. The van der Waals surface area contributed by atoms with Gasteiger partial charge in [-0.2, -0.15) is 0 Å². The Bertz CT molecular complexity index is 336. The van der Waals surface area contributed by atoms with E-state index in [0.717, 1.165) is 0 Å². The maximum absolute atomic E-state index is 11.8. The van der Waals surface area contributed by atoms with Crippen molar-refractivity contribution in [3.05, 3.63) is 0 Å². The third-order valence-corrected chi connectivity index (χ3v) is 2.94. The van der Waals surface area contributed by atoms with Crippen LogP contribution in [0.1, 0.15) is 20.8 Å².